The van der Waals surface area contributed by atoms with E-state index in [9.17, 15) is 4.79 Å². The summed E-state index contributed by atoms with van der Waals surface area (Å²) < 4.78 is 5.85. The van der Waals surface area contributed by atoms with Crippen LogP contribution in [0.2, 0.25) is 0 Å². The minimum atomic E-state index is -0.210. The van der Waals surface area contributed by atoms with Crippen molar-refractivity contribution in [1.29, 1.82) is 0 Å². The second-order valence-electron chi connectivity index (χ2n) is 7.15. The summed E-state index contributed by atoms with van der Waals surface area (Å²) in [6, 6.07) is 0. The van der Waals surface area contributed by atoms with Gasteiger partial charge in [-0.1, -0.05) is 20.8 Å². The molecule has 3 heteroatoms. The largest absolute Gasteiger partial charge is 0.462 e. The number of hydrogen-bond acceptors (Lipinski definition) is 3. The van der Waals surface area contributed by atoms with Crippen molar-refractivity contribution < 1.29 is 9.53 Å². The summed E-state index contributed by atoms with van der Waals surface area (Å²) >= 11 is 0. The fraction of sp³-hybridized carbons (Fsp3) is 0.938. The Balaban J connectivity index is 1.89. The third-order valence-corrected chi connectivity index (χ3v) is 5.23. The molecule has 1 heterocycles. The highest BCUT2D eigenvalue weighted by Crippen LogP contribution is 2.39. The molecule has 0 amide bonds. The molecule has 1 aliphatic carbocycles. The van der Waals surface area contributed by atoms with Crippen molar-refractivity contribution in [1.82, 2.24) is 5.32 Å². The first-order chi connectivity index (χ1) is 8.97. The molecular formula is C16H29NO2. The van der Waals surface area contributed by atoms with Crippen molar-refractivity contribution in [3.05, 3.63) is 0 Å². The Labute approximate surface area is 117 Å². The highest BCUT2D eigenvalue weighted by molar-refractivity contribution is 5.77. The van der Waals surface area contributed by atoms with E-state index in [1.807, 2.05) is 0 Å². The lowest BCUT2D eigenvalue weighted by atomic mass is 9.75. The van der Waals surface area contributed by atoms with Crippen LogP contribution >= 0.6 is 0 Å². The van der Waals surface area contributed by atoms with Crippen molar-refractivity contribution in [3.63, 3.8) is 0 Å². The molecule has 0 aromatic heterocycles. The SMILES string of the molecule is CCC1(C(=O)OC2CCC(C)(C)CC2)CCNCC1. The smallest absolute Gasteiger partial charge is 0.312 e. The Morgan fingerprint density at radius 2 is 1.74 bits per heavy atom. The van der Waals surface area contributed by atoms with Crippen molar-refractivity contribution >= 4 is 5.97 Å². The molecule has 0 radical (unpaired) electrons. The number of rotatable bonds is 3. The van der Waals surface area contributed by atoms with Gasteiger partial charge in [0.05, 0.1) is 5.41 Å². The summed E-state index contributed by atoms with van der Waals surface area (Å²) in [4.78, 5) is 12.5. The van der Waals surface area contributed by atoms with Gasteiger partial charge in [0.1, 0.15) is 6.10 Å². The monoisotopic (exact) mass is 267 g/mol. The van der Waals surface area contributed by atoms with E-state index in [4.69, 9.17) is 4.74 Å². The maximum absolute atomic E-state index is 12.5. The van der Waals surface area contributed by atoms with Gasteiger partial charge in [-0.2, -0.15) is 0 Å². The minimum Gasteiger partial charge on any atom is -0.462 e. The van der Waals surface area contributed by atoms with Crippen molar-refractivity contribution in [2.75, 3.05) is 13.1 Å². The second kappa shape index (κ2) is 5.82. The molecule has 2 rings (SSSR count). The van der Waals surface area contributed by atoms with Gasteiger partial charge in [0.15, 0.2) is 0 Å². The highest BCUT2D eigenvalue weighted by atomic mass is 16.5. The van der Waals surface area contributed by atoms with E-state index in [0.717, 1.165) is 45.2 Å². The van der Waals surface area contributed by atoms with Gasteiger partial charge in [0.25, 0.3) is 0 Å². The van der Waals surface area contributed by atoms with Crippen LogP contribution in [-0.2, 0) is 9.53 Å². The Hall–Kier alpha value is -0.570. The molecule has 1 saturated carbocycles. The molecule has 1 aliphatic heterocycles. The average molecular weight is 267 g/mol. The molecule has 0 bridgehead atoms. The average Bonchev–Trinajstić information content (AvgIpc) is 2.42. The zero-order valence-corrected chi connectivity index (χ0v) is 12.8. The predicted molar refractivity (Wildman–Crippen MR) is 77.0 cm³/mol. The van der Waals surface area contributed by atoms with E-state index in [1.54, 1.807) is 0 Å². The van der Waals surface area contributed by atoms with Crippen LogP contribution in [0.1, 0.15) is 65.7 Å². The summed E-state index contributed by atoms with van der Waals surface area (Å²) in [5, 5.41) is 3.34. The fourth-order valence-corrected chi connectivity index (χ4v) is 3.37. The molecule has 1 N–H and O–H groups in total. The predicted octanol–water partition coefficient (Wildman–Crippen LogP) is 3.28. The molecule has 2 fully saturated rings. The van der Waals surface area contributed by atoms with E-state index in [2.05, 4.69) is 26.1 Å². The molecule has 0 atom stereocenters. The first-order valence-electron chi connectivity index (χ1n) is 7.89. The molecule has 1 saturated heterocycles. The van der Waals surface area contributed by atoms with E-state index >= 15 is 0 Å². The Bertz CT molecular complexity index is 309. The molecule has 3 nitrogen and oxygen atoms in total. The summed E-state index contributed by atoms with van der Waals surface area (Å²) in [5.74, 6) is 0.0706. The summed E-state index contributed by atoms with van der Waals surface area (Å²) in [6.45, 7) is 8.63. The van der Waals surface area contributed by atoms with Crippen LogP contribution in [0.4, 0.5) is 0 Å². The van der Waals surface area contributed by atoms with Gasteiger partial charge >= 0.3 is 5.97 Å². The number of carbonyl (C=O) groups is 1. The van der Waals surface area contributed by atoms with Crippen LogP contribution < -0.4 is 5.32 Å². The first kappa shape index (κ1) is 14.8. The topological polar surface area (TPSA) is 38.3 Å². The van der Waals surface area contributed by atoms with Gasteiger partial charge in [0.2, 0.25) is 0 Å². The van der Waals surface area contributed by atoms with Crippen LogP contribution in [0, 0.1) is 10.8 Å². The third kappa shape index (κ3) is 3.50. The lowest BCUT2D eigenvalue weighted by Gasteiger charge is -2.38. The van der Waals surface area contributed by atoms with Crippen LogP contribution in [0.3, 0.4) is 0 Å². The first-order valence-corrected chi connectivity index (χ1v) is 7.89. The Morgan fingerprint density at radius 1 is 1.16 bits per heavy atom. The number of hydrogen-bond donors (Lipinski definition) is 1. The van der Waals surface area contributed by atoms with E-state index in [0.29, 0.717) is 5.41 Å². The van der Waals surface area contributed by atoms with Crippen LogP contribution in [0.5, 0.6) is 0 Å². The van der Waals surface area contributed by atoms with Gasteiger partial charge in [-0.25, -0.2) is 0 Å². The molecule has 0 spiro atoms. The summed E-state index contributed by atoms with van der Waals surface area (Å²) in [5.41, 5.74) is 0.221. The fourth-order valence-electron chi connectivity index (χ4n) is 3.37. The van der Waals surface area contributed by atoms with Gasteiger partial charge in [-0.15, -0.1) is 0 Å². The van der Waals surface area contributed by atoms with Crippen molar-refractivity contribution in [3.8, 4) is 0 Å². The molecular weight excluding hydrogens is 238 g/mol. The number of nitrogens with one attached hydrogen (secondary N) is 1. The van der Waals surface area contributed by atoms with E-state index < -0.39 is 0 Å². The number of ether oxygens (including phenoxy) is 1. The van der Waals surface area contributed by atoms with Crippen molar-refractivity contribution in [2.45, 2.75) is 71.8 Å². The van der Waals surface area contributed by atoms with Gasteiger partial charge in [0, 0.05) is 0 Å². The molecule has 110 valence electrons. The highest BCUT2D eigenvalue weighted by Gasteiger charge is 2.41. The van der Waals surface area contributed by atoms with Gasteiger partial charge < -0.3 is 10.1 Å². The summed E-state index contributed by atoms with van der Waals surface area (Å²) in [6.07, 6.45) is 7.36. The van der Waals surface area contributed by atoms with Crippen LogP contribution in [-0.4, -0.2) is 25.2 Å². The lowest BCUT2D eigenvalue weighted by molar-refractivity contribution is -0.166. The number of esters is 1. The molecule has 19 heavy (non-hydrogen) atoms. The second-order valence-corrected chi connectivity index (χ2v) is 7.15. The molecule has 0 aromatic carbocycles. The van der Waals surface area contributed by atoms with Crippen LogP contribution in [0.25, 0.3) is 0 Å². The van der Waals surface area contributed by atoms with Gasteiger partial charge in [-0.3, -0.25) is 4.79 Å². The van der Waals surface area contributed by atoms with Gasteiger partial charge in [-0.05, 0) is 63.5 Å². The maximum atomic E-state index is 12.5. The maximum Gasteiger partial charge on any atom is 0.312 e. The molecule has 0 unspecified atom stereocenters. The molecule has 2 aliphatic rings. The van der Waals surface area contributed by atoms with E-state index in [-0.39, 0.29) is 17.5 Å². The number of carbonyl (C=O) groups excluding carboxylic acids is 1. The Morgan fingerprint density at radius 3 is 2.26 bits per heavy atom. The van der Waals surface area contributed by atoms with Crippen LogP contribution in [0.15, 0.2) is 0 Å². The number of piperidine rings is 1. The normalized spacial score (nSPS) is 26.9. The Kier molecular flexibility index (Phi) is 4.54. The van der Waals surface area contributed by atoms with E-state index in [1.165, 1.54) is 12.8 Å². The minimum absolute atomic E-state index is 0.0706. The zero-order valence-electron chi connectivity index (χ0n) is 12.8. The molecule has 0 aromatic rings. The quantitative estimate of drug-likeness (QED) is 0.798. The third-order valence-electron chi connectivity index (χ3n) is 5.23. The summed E-state index contributed by atoms with van der Waals surface area (Å²) in [7, 11) is 0. The lowest BCUT2D eigenvalue weighted by Crippen LogP contribution is -2.44. The standard InChI is InChI=1S/C16H29NO2/c1-4-16(9-11-17-12-10-16)14(18)19-13-5-7-15(2,3)8-6-13/h13,17H,4-12H2,1-3H3. The van der Waals surface area contributed by atoms with Crippen molar-refractivity contribution in [2.24, 2.45) is 10.8 Å². The zero-order chi connectivity index (χ0) is 13.9.